The standard InChI is InChI=1S/C13H16F2O/c1-3-8-13(14,15)12-6-4-11(5-7-12)9-10(2)16/h4-7H,3,8-9H2,1-2H3. The molecule has 1 nitrogen and oxygen atoms in total. The Bertz CT molecular complexity index is 355. The highest BCUT2D eigenvalue weighted by molar-refractivity contribution is 5.78. The summed E-state index contributed by atoms with van der Waals surface area (Å²) < 4.78 is 27.0. The molecule has 0 fully saturated rings. The van der Waals surface area contributed by atoms with E-state index in [-0.39, 0.29) is 17.8 Å². The lowest BCUT2D eigenvalue weighted by Crippen LogP contribution is -2.12. The third-order valence-corrected chi connectivity index (χ3v) is 2.39. The average Bonchev–Trinajstić information content (AvgIpc) is 2.17. The smallest absolute Gasteiger partial charge is 0.273 e. The fourth-order valence-corrected chi connectivity index (χ4v) is 1.61. The number of hydrogen-bond acceptors (Lipinski definition) is 1. The predicted octanol–water partition coefficient (Wildman–Crippen LogP) is 3.71. The van der Waals surface area contributed by atoms with E-state index in [9.17, 15) is 13.6 Å². The van der Waals surface area contributed by atoms with Crippen LogP contribution in [0.3, 0.4) is 0 Å². The zero-order valence-corrected chi connectivity index (χ0v) is 9.59. The number of benzene rings is 1. The van der Waals surface area contributed by atoms with Crippen molar-refractivity contribution in [3.63, 3.8) is 0 Å². The maximum atomic E-state index is 13.5. The molecule has 0 radical (unpaired) electrons. The molecule has 0 bridgehead atoms. The molecular formula is C13H16F2O. The van der Waals surface area contributed by atoms with E-state index in [1.165, 1.54) is 19.1 Å². The van der Waals surface area contributed by atoms with Crippen LogP contribution < -0.4 is 0 Å². The molecule has 1 aromatic carbocycles. The van der Waals surface area contributed by atoms with Gasteiger partial charge in [0.15, 0.2) is 0 Å². The molecule has 0 atom stereocenters. The molecule has 1 aromatic rings. The molecule has 0 N–H and O–H groups in total. The Kier molecular flexibility index (Phi) is 4.16. The van der Waals surface area contributed by atoms with Crippen molar-refractivity contribution in [1.29, 1.82) is 0 Å². The number of carbonyl (C=O) groups is 1. The monoisotopic (exact) mass is 226 g/mol. The number of Topliss-reactive ketones (excluding diaryl/α,β-unsaturated/α-hetero) is 1. The second kappa shape index (κ2) is 5.19. The highest BCUT2D eigenvalue weighted by Gasteiger charge is 2.29. The van der Waals surface area contributed by atoms with Gasteiger partial charge in [-0.2, -0.15) is 0 Å². The molecule has 0 aliphatic heterocycles. The Morgan fingerprint density at radius 3 is 2.25 bits per heavy atom. The van der Waals surface area contributed by atoms with E-state index in [1.54, 1.807) is 19.1 Å². The molecule has 88 valence electrons. The number of ketones is 1. The Hall–Kier alpha value is -1.25. The molecule has 0 saturated heterocycles. The van der Waals surface area contributed by atoms with Crippen LogP contribution in [0.25, 0.3) is 0 Å². The lowest BCUT2D eigenvalue weighted by atomic mass is 10.0. The molecule has 0 aliphatic carbocycles. The van der Waals surface area contributed by atoms with Crippen molar-refractivity contribution in [2.75, 3.05) is 0 Å². The van der Waals surface area contributed by atoms with E-state index in [0.717, 1.165) is 5.56 Å². The average molecular weight is 226 g/mol. The quantitative estimate of drug-likeness (QED) is 0.748. The molecule has 0 heterocycles. The number of hydrogen-bond donors (Lipinski definition) is 0. The number of alkyl halides is 2. The third-order valence-electron chi connectivity index (χ3n) is 2.39. The van der Waals surface area contributed by atoms with Gasteiger partial charge in [-0.15, -0.1) is 0 Å². The highest BCUT2D eigenvalue weighted by atomic mass is 19.3. The normalized spacial score (nSPS) is 11.5. The van der Waals surface area contributed by atoms with Crippen LogP contribution in [-0.2, 0) is 17.1 Å². The fraction of sp³-hybridized carbons (Fsp3) is 0.462. The van der Waals surface area contributed by atoms with E-state index in [2.05, 4.69) is 0 Å². The molecule has 0 aromatic heterocycles. The molecule has 0 aliphatic rings. The Balaban J connectivity index is 2.81. The van der Waals surface area contributed by atoms with Gasteiger partial charge in [0.1, 0.15) is 5.78 Å². The summed E-state index contributed by atoms with van der Waals surface area (Å²) in [7, 11) is 0. The van der Waals surface area contributed by atoms with Crippen LogP contribution in [0.4, 0.5) is 8.78 Å². The summed E-state index contributed by atoms with van der Waals surface area (Å²) in [6.07, 6.45) is 0.612. The van der Waals surface area contributed by atoms with Crippen molar-refractivity contribution in [3.8, 4) is 0 Å². The van der Waals surface area contributed by atoms with Gasteiger partial charge in [0.05, 0.1) is 0 Å². The van der Waals surface area contributed by atoms with Crippen molar-refractivity contribution >= 4 is 5.78 Å². The van der Waals surface area contributed by atoms with Crippen molar-refractivity contribution in [1.82, 2.24) is 0 Å². The fourth-order valence-electron chi connectivity index (χ4n) is 1.61. The summed E-state index contributed by atoms with van der Waals surface area (Å²) in [5, 5.41) is 0. The lowest BCUT2D eigenvalue weighted by Gasteiger charge is -2.15. The van der Waals surface area contributed by atoms with Crippen LogP contribution in [0, 0.1) is 0 Å². The van der Waals surface area contributed by atoms with Gasteiger partial charge in [-0.25, -0.2) is 8.78 Å². The molecule has 0 saturated carbocycles. The predicted molar refractivity (Wildman–Crippen MR) is 59.6 cm³/mol. The lowest BCUT2D eigenvalue weighted by molar-refractivity contribution is -0.116. The van der Waals surface area contributed by atoms with E-state index >= 15 is 0 Å². The first kappa shape index (κ1) is 12.8. The second-order valence-corrected chi connectivity index (χ2v) is 4.03. The zero-order chi connectivity index (χ0) is 12.2. The van der Waals surface area contributed by atoms with Crippen molar-refractivity contribution in [3.05, 3.63) is 35.4 Å². The van der Waals surface area contributed by atoms with Crippen molar-refractivity contribution in [2.24, 2.45) is 0 Å². The van der Waals surface area contributed by atoms with E-state index in [0.29, 0.717) is 12.8 Å². The molecule has 3 heteroatoms. The minimum atomic E-state index is -2.76. The number of rotatable bonds is 5. The van der Waals surface area contributed by atoms with Gasteiger partial charge in [-0.3, -0.25) is 4.79 Å². The topological polar surface area (TPSA) is 17.1 Å². The first-order valence-electron chi connectivity index (χ1n) is 5.42. The van der Waals surface area contributed by atoms with E-state index in [4.69, 9.17) is 0 Å². The summed E-state index contributed by atoms with van der Waals surface area (Å²) in [5.74, 6) is -2.73. The maximum Gasteiger partial charge on any atom is 0.273 e. The molecule has 0 amide bonds. The summed E-state index contributed by atoms with van der Waals surface area (Å²) in [4.78, 5) is 10.8. The van der Waals surface area contributed by atoms with Crippen LogP contribution in [0.1, 0.15) is 37.8 Å². The first-order chi connectivity index (χ1) is 7.45. The van der Waals surface area contributed by atoms with Crippen LogP contribution in [0.5, 0.6) is 0 Å². The van der Waals surface area contributed by atoms with E-state index in [1.807, 2.05) is 0 Å². The first-order valence-corrected chi connectivity index (χ1v) is 5.42. The number of halogens is 2. The minimum Gasteiger partial charge on any atom is -0.300 e. The van der Waals surface area contributed by atoms with Crippen LogP contribution in [0.2, 0.25) is 0 Å². The van der Waals surface area contributed by atoms with Gasteiger partial charge in [-0.1, -0.05) is 37.6 Å². The second-order valence-electron chi connectivity index (χ2n) is 4.03. The van der Waals surface area contributed by atoms with Gasteiger partial charge in [0, 0.05) is 18.4 Å². The third kappa shape index (κ3) is 3.40. The van der Waals surface area contributed by atoms with E-state index < -0.39 is 5.92 Å². The van der Waals surface area contributed by atoms with Gasteiger partial charge in [0.2, 0.25) is 0 Å². The SMILES string of the molecule is CCCC(F)(F)c1ccc(CC(C)=O)cc1. The molecular weight excluding hydrogens is 210 g/mol. The van der Waals surface area contributed by atoms with Crippen LogP contribution in [0.15, 0.2) is 24.3 Å². The summed E-state index contributed by atoms with van der Waals surface area (Å²) in [6, 6.07) is 6.02. The molecule has 0 spiro atoms. The van der Waals surface area contributed by atoms with Gasteiger partial charge in [0.25, 0.3) is 5.92 Å². The Morgan fingerprint density at radius 1 is 1.25 bits per heavy atom. The Morgan fingerprint density at radius 2 is 1.81 bits per heavy atom. The van der Waals surface area contributed by atoms with Gasteiger partial charge < -0.3 is 0 Å². The van der Waals surface area contributed by atoms with Gasteiger partial charge in [-0.05, 0) is 12.5 Å². The Labute approximate surface area is 94.5 Å². The van der Waals surface area contributed by atoms with Crippen LogP contribution in [-0.4, -0.2) is 5.78 Å². The largest absolute Gasteiger partial charge is 0.300 e. The summed E-state index contributed by atoms with van der Waals surface area (Å²) in [5.41, 5.74) is 0.810. The number of carbonyl (C=O) groups excluding carboxylic acids is 1. The zero-order valence-electron chi connectivity index (χ0n) is 9.59. The highest BCUT2D eigenvalue weighted by Crippen LogP contribution is 2.32. The molecule has 0 unspecified atom stereocenters. The summed E-state index contributed by atoms with van der Waals surface area (Å²) >= 11 is 0. The maximum absolute atomic E-state index is 13.5. The minimum absolute atomic E-state index is 0.0293. The van der Waals surface area contributed by atoms with Gasteiger partial charge >= 0.3 is 0 Å². The summed E-state index contributed by atoms with van der Waals surface area (Å²) in [6.45, 7) is 3.22. The molecule has 1 rings (SSSR count). The molecule has 16 heavy (non-hydrogen) atoms. The van der Waals surface area contributed by atoms with Crippen molar-refractivity contribution < 1.29 is 13.6 Å². The van der Waals surface area contributed by atoms with Crippen molar-refractivity contribution in [2.45, 2.75) is 39.0 Å². The van der Waals surface area contributed by atoms with Crippen LogP contribution >= 0.6 is 0 Å².